The van der Waals surface area contributed by atoms with Crippen LogP contribution in [0.4, 0.5) is 0 Å². The van der Waals surface area contributed by atoms with Crippen LogP contribution >= 0.6 is 0 Å². The molecular formula is C19H21NO. The molecule has 2 aliphatic rings. The second-order valence-corrected chi connectivity index (χ2v) is 5.96. The van der Waals surface area contributed by atoms with Crippen molar-refractivity contribution in [3.8, 4) is 0 Å². The van der Waals surface area contributed by atoms with Gasteiger partial charge in [0.1, 0.15) is 0 Å². The first-order chi connectivity index (χ1) is 10.3. The molecule has 0 bridgehead atoms. The molecule has 1 N–H and O–H groups in total. The molecule has 3 rings (SSSR count). The quantitative estimate of drug-likeness (QED) is 0.839. The van der Waals surface area contributed by atoms with Gasteiger partial charge in [0.25, 0.3) is 0 Å². The number of fused-ring (bicyclic) bond motifs is 1. The van der Waals surface area contributed by atoms with Gasteiger partial charge < -0.3 is 5.32 Å². The van der Waals surface area contributed by atoms with Crippen LogP contribution in [0.2, 0.25) is 0 Å². The third kappa shape index (κ3) is 3.15. The molecule has 0 spiro atoms. The summed E-state index contributed by atoms with van der Waals surface area (Å²) >= 11 is 0. The highest BCUT2D eigenvalue weighted by atomic mass is 16.1. The van der Waals surface area contributed by atoms with E-state index in [1.807, 2.05) is 0 Å². The van der Waals surface area contributed by atoms with E-state index in [2.05, 4.69) is 60.8 Å². The zero-order valence-electron chi connectivity index (χ0n) is 12.4. The van der Waals surface area contributed by atoms with Gasteiger partial charge >= 0.3 is 0 Å². The van der Waals surface area contributed by atoms with Crippen LogP contribution in [0.15, 0.2) is 42.0 Å². The lowest BCUT2D eigenvalue weighted by Gasteiger charge is -2.18. The molecule has 2 unspecified atom stereocenters. The molecule has 0 saturated carbocycles. The van der Waals surface area contributed by atoms with E-state index in [0.29, 0.717) is 18.4 Å². The summed E-state index contributed by atoms with van der Waals surface area (Å²) in [7, 11) is 0. The third-order valence-electron chi connectivity index (χ3n) is 4.24. The first-order valence-electron chi connectivity index (χ1n) is 7.62. The summed E-state index contributed by atoms with van der Waals surface area (Å²) in [6.07, 6.45) is 14.2. The maximum atomic E-state index is 10.4. The highest BCUT2D eigenvalue weighted by Crippen LogP contribution is 2.26. The van der Waals surface area contributed by atoms with Crippen LogP contribution in [-0.4, -0.2) is 13.0 Å². The Morgan fingerprint density at radius 2 is 2.14 bits per heavy atom. The summed E-state index contributed by atoms with van der Waals surface area (Å²) < 4.78 is 0. The van der Waals surface area contributed by atoms with E-state index in [9.17, 15) is 4.79 Å². The Kier molecular flexibility index (Phi) is 4.05. The summed E-state index contributed by atoms with van der Waals surface area (Å²) in [6.45, 7) is 2.87. The van der Waals surface area contributed by atoms with Crippen molar-refractivity contribution in [1.29, 1.82) is 0 Å². The SMILES string of the molecule is CC1C=c2cc(C3C=C(CNC=O)C=CC3)ccc2=CC1. The fourth-order valence-corrected chi connectivity index (χ4v) is 3.10. The number of hydrogen-bond acceptors (Lipinski definition) is 1. The van der Waals surface area contributed by atoms with Crippen molar-refractivity contribution in [2.75, 3.05) is 6.54 Å². The van der Waals surface area contributed by atoms with Crippen LogP contribution in [0, 0.1) is 5.92 Å². The normalized spacial score (nSPS) is 23.4. The maximum Gasteiger partial charge on any atom is 0.207 e. The van der Waals surface area contributed by atoms with Crippen molar-refractivity contribution in [2.45, 2.75) is 25.7 Å². The van der Waals surface area contributed by atoms with Gasteiger partial charge in [-0.1, -0.05) is 55.5 Å². The van der Waals surface area contributed by atoms with Gasteiger partial charge in [-0.2, -0.15) is 0 Å². The van der Waals surface area contributed by atoms with Crippen molar-refractivity contribution in [3.63, 3.8) is 0 Å². The second kappa shape index (κ2) is 6.13. The smallest absolute Gasteiger partial charge is 0.207 e. The summed E-state index contributed by atoms with van der Waals surface area (Å²) in [5.74, 6) is 1.04. The predicted octanol–water partition coefficient (Wildman–Crippen LogP) is 2.00. The number of benzene rings is 1. The molecule has 108 valence electrons. The largest absolute Gasteiger partial charge is 0.355 e. The van der Waals surface area contributed by atoms with E-state index in [1.54, 1.807) is 0 Å². The highest BCUT2D eigenvalue weighted by molar-refractivity contribution is 5.48. The standard InChI is InChI=1S/C19H21NO/c1-14-5-6-16-7-8-18(11-19(16)9-14)17-4-2-3-15(10-17)12-20-13-21/h2-3,6-11,13-14,17H,4-5,12H2,1H3,(H,20,21). The molecule has 0 heterocycles. The molecule has 1 aromatic rings. The zero-order chi connectivity index (χ0) is 14.7. The topological polar surface area (TPSA) is 29.1 Å². The van der Waals surface area contributed by atoms with Gasteiger partial charge in [0.15, 0.2) is 0 Å². The molecule has 21 heavy (non-hydrogen) atoms. The minimum Gasteiger partial charge on any atom is -0.355 e. The van der Waals surface area contributed by atoms with Crippen LogP contribution in [0.3, 0.4) is 0 Å². The van der Waals surface area contributed by atoms with Gasteiger partial charge in [-0.15, -0.1) is 0 Å². The fourth-order valence-electron chi connectivity index (χ4n) is 3.10. The Morgan fingerprint density at radius 1 is 1.24 bits per heavy atom. The Labute approximate surface area is 125 Å². The summed E-state index contributed by atoms with van der Waals surface area (Å²) in [5.41, 5.74) is 2.54. The lowest BCUT2D eigenvalue weighted by Crippen LogP contribution is -2.29. The average Bonchev–Trinajstić information content (AvgIpc) is 2.52. The van der Waals surface area contributed by atoms with Crippen molar-refractivity contribution in [3.05, 3.63) is 58.0 Å². The van der Waals surface area contributed by atoms with E-state index in [4.69, 9.17) is 0 Å². The van der Waals surface area contributed by atoms with Crippen LogP contribution in [-0.2, 0) is 4.79 Å². The number of nitrogens with one attached hydrogen (secondary N) is 1. The number of hydrogen-bond donors (Lipinski definition) is 1. The van der Waals surface area contributed by atoms with Gasteiger partial charge in [0.2, 0.25) is 6.41 Å². The number of carbonyl (C=O) groups is 1. The highest BCUT2D eigenvalue weighted by Gasteiger charge is 2.12. The van der Waals surface area contributed by atoms with E-state index >= 15 is 0 Å². The second-order valence-electron chi connectivity index (χ2n) is 5.96. The monoisotopic (exact) mass is 279 g/mol. The molecule has 1 aromatic carbocycles. The van der Waals surface area contributed by atoms with Crippen molar-refractivity contribution >= 4 is 18.6 Å². The Balaban J connectivity index is 1.90. The average molecular weight is 279 g/mol. The van der Waals surface area contributed by atoms with Crippen molar-refractivity contribution in [1.82, 2.24) is 5.32 Å². The lowest BCUT2D eigenvalue weighted by molar-refractivity contribution is -0.109. The predicted molar refractivity (Wildman–Crippen MR) is 87.1 cm³/mol. The molecule has 0 radical (unpaired) electrons. The van der Waals surface area contributed by atoms with E-state index in [0.717, 1.165) is 19.3 Å². The molecule has 0 aliphatic heterocycles. The Hall–Kier alpha value is -2.09. The van der Waals surface area contributed by atoms with Gasteiger partial charge in [-0.05, 0) is 40.3 Å². The number of allylic oxidation sites excluding steroid dienone is 2. The molecule has 0 saturated heterocycles. The van der Waals surface area contributed by atoms with Crippen LogP contribution < -0.4 is 15.8 Å². The van der Waals surface area contributed by atoms with Crippen LogP contribution in [0.1, 0.15) is 31.2 Å². The van der Waals surface area contributed by atoms with E-state index < -0.39 is 0 Å². The fraction of sp³-hybridized carbons (Fsp3) is 0.316. The van der Waals surface area contributed by atoms with E-state index in [1.165, 1.54) is 21.6 Å². The molecule has 0 aromatic heterocycles. The Morgan fingerprint density at radius 3 is 3.00 bits per heavy atom. The molecule has 2 nitrogen and oxygen atoms in total. The van der Waals surface area contributed by atoms with E-state index in [-0.39, 0.29) is 0 Å². The first kappa shape index (κ1) is 13.9. The minimum atomic E-state index is 0.411. The number of amides is 1. The summed E-state index contributed by atoms with van der Waals surface area (Å²) in [6, 6.07) is 6.80. The minimum absolute atomic E-state index is 0.411. The summed E-state index contributed by atoms with van der Waals surface area (Å²) in [5, 5.41) is 5.45. The first-order valence-corrected chi connectivity index (χ1v) is 7.62. The van der Waals surface area contributed by atoms with Crippen LogP contribution in [0.25, 0.3) is 12.2 Å². The number of rotatable bonds is 4. The molecule has 2 heteroatoms. The van der Waals surface area contributed by atoms with Crippen LogP contribution in [0.5, 0.6) is 0 Å². The molecule has 0 fully saturated rings. The summed E-state index contributed by atoms with van der Waals surface area (Å²) in [4.78, 5) is 10.4. The van der Waals surface area contributed by atoms with Gasteiger partial charge in [-0.3, -0.25) is 4.79 Å². The van der Waals surface area contributed by atoms with Gasteiger partial charge in [0, 0.05) is 12.5 Å². The maximum absolute atomic E-state index is 10.4. The van der Waals surface area contributed by atoms with Crippen molar-refractivity contribution in [2.24, 2.45) is 5.92 Å². The van der Waals surface area contributed by atoms with Gasteiger partial charge in [-0.25, -0.2) is 0 Å². The Bertz CT molecular complexity index is 712. The zero-order valence-corrected chi connectivity index (χ0v) is 12.4. The lowest BCUT2D eigenvalue weighted by atomic mass is 9.88. The van der Waals surface area contributed by atoms with Crippen molar-refractivity contribution < 1.29 is 4.79 Å². The molecule has 2 aliphatic carbocycles. The molecule has 2 atom stereocenters. The van der Waals surface area contributed by atoms with Gasteiger partial charge in [0.05, 0.1) is 0 Å². The molecular weight excluding hydrogens is 258 g/mol. The number of carbonyl (C=O) groups excluding carboxylic acids is 1. The molecule has 1 amide bonds. The third-order valence-corrected chi connectivity index (χ3v) is 4.24.